The fourth-order valence-electron chi connectivity index (χ4n) is 3.87. The number of aryl methyl sites for hydroxylation is 1. The maximum Gasteiger partial charge on any atom is 0.233 e. The van der Waals surface area contributed by atoms with Crippen LogP contribution >= 0.6 is 11.8 Å². The quantitative estimate of drug-likeness (QED) is 0.560. The van der Waals surface area contributed by atoms with E-state index in [0.717, 1.165) is 48.3 Å². The van der Waals surface area contributed by atoms with E-state index in [-0.39, 0.29) is 5.91 Å². The van der Waals surface area contributed by atoms with Crippen molar-refractivity contribution >= 4 is 17.7 Å². The second-order valence-corrected chi connectivity index (χ2v) is 8.36. The normalized spacial score (nSPS) is 14.7. The van der Waals surface area contributed by atoms with Crippen LogP contribution < -0.4 is 4.74 Å². The number of piperidine rings is 1. The Balaban J connectivity index is 1.36. The highest BCUT2D eigenvalue weighted by Crippen LogP contribution is 2.29. The molecule has 2 heterocycles. The Morgan fingerprint density at radius 1 is 1.07 bits per heavy atom. The van der Waals surface area contributed by atoms with Gasteiger partial charge in [-0.15, -0.1) is 10.2 Å². The summed E-state index contributed by atoms with van der Waals surface area (Å²) in [5, 5.41) is 9.21. The van der Waals surface area contributed by atoms with Crippen molar-refractivity contribution in [3.8, 4) is 11.4 Å². The van der Waals surface area contributed by atoms with Crippen molar-refractivity contribution in [1.82, 2.24) is 19.7 Å². The molecule has 30 heavy (non-hydrogen) atoms. The second kappa shape index (κ2) is 9.34. The van der Waals surface area contributed by atoms with Crippen LogP contribution in [0.5, 0.6) is 5.75 Å². The van der Waals surface area contributed by atoms with E-state index in [1.807, 2.05) is 46.7 Å². The lowest BCUT2D eigenvalue weighted by Crippen LogP contribution is -2.39. The van der Waals surface area contributed by atoms with Gasteiger partial charge in [0.1, 0.15) is 11.6 Å². The third-order valence-corrected chi connectivity index (χ3v) is 6.48. The molecule has 0 atom stereocenters. The van der Waals surface area contributed by atoms with Gasteiger partial charge >= 0.3 is 0 Å². The molecule has 2 aromatic carbocycles. The third kappa shape index (κ3) is 4.51. The molecule has 1 fully saturated rings. The van der Waals surface area contributed by atoms with E-state index in [4.69, 9.17) is 4.74 Å². The standard InChI is InChI=1S/C23H26N4O2S/c1-17-24-25-23(27(17)20-8-10-21(29-2)11-9-20)30-16-22(28)26-14-12-19(13-15-26)18-6-4-3-5-7-18/h3-11,19H,12-16H2,1-2H3. The summed E-state index contributed by atoms with van der Waals surface area (Å²) in [4.78, 5) is 14.8. The molecule has 0 aliphatic carbocycles. The molecule has 1 aromatic heterocycles. The van der Waals surface area contributed by atoms with Gasteiger partial charge in [0, 0.05) is 18.8 Å². The van der Waals surface area contributed by atoms with Crippen molar-refractivity contribution in [2.24, 2.45) is 0 Å². The monoisotopic (exact) mass is 422 g/mol. The molecule has 0 unspecified atom stereocenters. The SMILES string of the molecule is COc1ccc(-n2c(C)nnc2SCC(=O)N2CCC(c3ccccc3)CC2)cc1. The van der Waals surface area contributed by atoms with E-state index < -0.39 is 0 Å². The van der Waals surface area contributed by atoms with Crippen molar-refractivity contribution in [1.29, 1.82) is 0 Å². The highest BCUT2D eigenvalue weighted by Gasteiger charge is 2.24. The van der Waals surface area contributed by atoms with Crippen LogP contribution in [-0.2, 0) is 4.79 Å². The van der Waals surface area contributed by atoms with Crippen molar-refractivity contribution in [2.75, 3.05) is 26.0 Å². The molecular formula is C23H26N4O2S. The molecule has 1 aliphatic heterocycles. The van der Waals surface area contributed by atoms with Gasteiger partial charge in [0.15, 0.2) is 5.16 Å². The van der Waals surface area contributed by atoms with Gasteiger partial charge in [0.25, 0.3) is 0 Å². The highest BCUT2D eigenvalue weighted by molar-refractivity contribution is 7.99. The summed E-state index contributed by atoms with van der Waals surface area (Å²) in [5.41, 5.74) is 2.33. The first kappa shape index (κ1) is 20.5. The number of hydrogen-bond donors (Lipinski definition) is 0. The van der Waals surface area contributed by atoms with Crippen molar-refractivity contribution < 1.29 is 9.53 Å². The number of hydrogen-bond acceptors (Lipinski definition) is 5. The van der Waals surface area contributed by atoms with Crippen LogP contribution in [0, 0.1) is 6.92 Å². The molecular weight excluding hydrogens is 396 g/mol. The first-order valence-corrected chi connectivity index (χ1v) is 11.2. The van der Waals surface area contributed by atoms with Gasteiger partial charge in [0.2, 0.25) is 5.91 Å². The summed E-state index contributed by atoms with van der Waals surface area (Å²) < 4.78 is 7.20. The van der Waals surface area contributed by atoms with Crippen LogP contribution in [0.3, 0.4) is 0 Å². The Bertz CT molecular complexity index is 980. The highest BCUT2D eigenvalue weighted by atomic mass is 32.2. The zero-order valence-corrected chi connectivity index (χ0v) is 18.1. The van der Waals surface area contributed by atoms with E-state index in [2.05, 4.69) is 34.5 Å². The van der Waals surface area contributed by atoms with E-state index in [0.29, 0.717) is 11.7 Å². The zero-order chi connectivity index (χ0) is 20.9. The first-order chi connectivity index (χ1) is 14.7. The van der Waals surface area contributed by atoms with Crippen molar-refractivity contribution in [3.05, 3.63) is 66.0 Å². The molecule has 6 nitrogen and oxygen atoms in total. The molecule has 156 valence electrons. The summed E-state index contributed by atoms with van der Waals surface area (Å²) in [7, 11) is 1.65. The Kier molecular flexibility index (Phi) is 6.38. The van der Waals surface area contributed by atoms with Crippen LogP contribution in [0.2, 0.25) is 0 Å². The minimum Gasteiger partial charge on any atom is -0.497 e. The topological polar surface area (TPSA) is 60.2 Å². The largest absolute Gasteiger partial charge is 0.497 e. The van der Waals surface area contributed by atoms with Crippen LogP contribution in [0.25, 0.3) is 5.69 Å². The number of carbonyl (C=O) groups is 1. The van der Waals surface area contributed by atoms with E-state index in [1.54, 1.807) is 7.11 Å². The van der Waals surface area contributed by atoms with Crippen LogP contribution in [0.1, 0.15) is 30.1 Å². The summed E-state index contributed by atoms with van der Waals surface area (Å²) in [5.74, 6) is 2.66. The number of likely N-dealkylation sites (tertiary alicyclic amines) is 1. The molecule has 4 rings (SSSR count). The van der Waals surface area contributed by atoms with E-state index in [1.165, 1.54) is 17.3 Å². The Hall–Kier alpha value is -2.80. The molecule has 7 heteroatoms. The molecule has 1 saturated heterocycles. The van der Waals surface area contributed by atoms with Gasteiger partial charge in [-0.3, -0.25) is 9.36 Å². The fraction of sp³-hybridized carbons (Fsp3) is 0.348. The van der Waals surface area contributed by atoms with Crippen LogP contribution in [0.15, 0.2) is 59.8 Å². The molecule has 0 saturated carbocycles. The van der Waals surface area contributed by atoms with E-state index in [9.17, 15) is 4.79 Å². The zero-order valence-electron chi connectivity index (χ0n) is 17.3. The number of rotatable bonds is 6. The molecule has 0 bridgehead atoms. The number of thioether (sulfide) groups is 1. The van der Waals surface area contributed by atoms with Crippen LogP contribution in [0.4, 0.5) is 0 Å². The number of benzene rings is 2. The average molecular weight is 423 g/mol. The fourth-order valence-corrected chi connectivity index (χ4v) is 4.77. The van der Waals surface area contributed by atoms with Gasteiger partial charge in [-0.1, -0.05) is 42.1 Å². The summed E-state index contributed by atoms with van der Waals surface area (Å²) >= 11 is 1.44. The average Bonchev–Trinajstić information content (AvgIpc) is 3.18. The summed E-state index contributed by atoms with van der Waals surface area (Å²) in [6.07, 6.45) is 2.03. The third-order valence-electron chi connectivity index (χ3n) is 5.57. The molecule has 0 radical (unpaired) electrons. The number of aromatic nitrogens is 3. The Morgan fingerprint density at radius 3 is 2.43 bits per heavy atom. The minimum atomic E-state index is 0.161. The number of carbonyl (C=O) groups excluding carboxylic acids is 1. The predicted molar refractivity (Wildman–Crippen MR) is 118 cm³/mol. The maximum absolute atomic E-state index is 12.8. The lowest BCUT2D eigenvalue weighted by molar-refractivity contribution is -0.129. The number of nitrogens with zero attached hydrogens (tertiary/aromatic N) is 4. The van der Waals surface area contributed by atoms with Crippen LogP contribution in [-0.4, -0.2) is 51.5 Å². The maximum atomic E-state index is 12.8. The number of ether oxygens (including phenoxy) is 1. The second-order valence-electron chi connectivity index (χ2n) is 7.42. The van der Waals surface area contributed by atoms with Gasteiger partial charge < -0.3 is 9.64 Å². The van der Waals surface area contributed by atoms with E-state index >= 15 is 0 Å². The molecule has 0 N–H and O–H groups in total. The van der Waals surface area contributed by atoms with Gasteiger partial charge in [0.05, 0.1) is 12.9 Å². The molecule has 1 amide bonds. The minimum absolute atomic E-state index is 0.161. The lowest BCUT2D eigenvalue weighted by Gasteiger charge is -2.32. The summed E-state index contributed by atoms with van der Waals surface area (Å²) in [6.45, 7) is 3.53. The van der Waals surface area contributed by atoms with Gasteiger partial charge in [-0.25, -0.2) is 0 Å². The Morgan fingerprint density at radius 2 is 1.77 bits per heavy atom. The van der Waals surface area contributed by atoms with Crippen molar-refractivity contribution in [2.45, 2.75) is 30.8 Å². The number of methoxy groups -OCH3 is 1. The molecule has 3 aromatic rings. The summed E-state index contributed by atoms with van der Waals surface area (Å²) in [6, 6.07) is 18.3. The Labute approximate surface area is 181 Å². The number of amides is 1. The van der Waals surface area contributed by atoms with Gasteiger partial charge in [-0.2, -0.15) is 0 Å². The molecule has 1 aliphatic rings. The van der Waals surface area contributed by atoms with Crippen molar-refractivity contribution in [3.63, 3.8) is 0 Å². The first-order valence-electron chi connectivity index (χ1n) is 10.2. The van der Waals surface area contributed by atoms with Gasteiger partial charge in [-0.05, 0) is 55.5 Å². The molecule has 0 spiro atoms. The predicted octanol–water partition coefficient (Wildman–Crippen LogP) is 4.08. The lowest BCUT2D eigenvalue weighted by atomic mass is 9.89. The smallest absolute Gasteiger partial charge is 0.233 e.